The topological polar surface area (TPSA) is 102 Å². The minimum Gasteiger partial charge on any atom is -0.472 e. The van der Waals surface area contributed by atoms with E-state index in [9.17, 15) is 4.39 Å². The summed E-state index contributed by atoms with van der Waals surface area (Å²) < 4.78 is 44.3. The highest BCUT2D eigenvalue weighted by molar-refractivity contribution is 5.97. The van der Waals surface area contributed by atoms with E-state index in [0.29, 0.717) is 47.3 Å². The van der Waals surface area contributed by atoms with Crippen molar-refractivity contribution in [1.29, 1.82) is 0 Å². The maximum absolute atomic E-state index is 16.9. The molecule has 43 heavy (non-hydrogen) atoms. The van der Waals surface area contributed by atoms with Crippen LogP contribution in [0.25, 0.3) is 22.2 Å². The van der Waals surface area contributed by atoms with Gasteiger partial charge in [-0.1, -0.05) is 0 Å². The Bertz CT molecular complexity index is 1650. The van der Waals surface area contributed by atoms with Crippen molar-refractivity contribution in [2.75, 3.05) is 36.9 Å². The van der Waals surface area contributed by atoms with Gasteiger partial charge in [0.15, 0.2) is 5.82 Å². The SMILES string of the molecule is C[C@@H]1Oc2nc(-c3cc(N)cc4c3CCC4)c(F)c3nc(OC[C@@]45CCCN4C[C@H](F)C5)nc(c23)N2C[C@H]3CC[C@H](N3)[C@@H]12. The molecule has 1 aromatic carbocycles. The molecular formula is C32H37F2N7O2. The number of hydrogen-bond donors (Lipinski definition) is 2. The minimum atomic E-state index is -0.865. The van der Waals surface area contributed by atoms with Crippen LogP contribution < -0.4 is 25.4 Å². The van der Waals surface area contributed by atoms with Crippen molar-refractivity contribution in [3.05, 3.63) is 29.1 Å². The number of ether oxygens (including phenoxy) is 2. The highest BCUT2D eigenvalue weighted by Gasteiger charge is 2.50. The molecule has 5 aliphatic heterocycles. The molecule has 0 spiro atoms. The number of pyridine rings is 1. The molecule has 3 aromatic rings. The first-order chi connectivity index (χ1) is 20.9. The number of aromatic nitrogens is 3. The lowest BCUT2D eigenvalue weighted by atomic mass is 9.95. The molecule has 9 rings (SSSR count). The second kappa shape index (κ2) is 9.34. The fraction of sp³-hybridized carbons (Fsp3) is 0.594. The van der Waals surface area contributed by atoms with Crippen LogP contribution in [-0.4, -0.2) is 82.0 Å². The van der Waals surface area contributed by atoms with Gasteiger partial charge >= 0.3 is 6.01 Å². The van der Waals surface area contributed by atoms with E-state index in [1.165, 1.54) is 0 Å². The van der Waals surface area contributed by atoms with Crippen LogP contribution in [0.2, 0.25) is 0 Å². The molecule has 3 N–H and O–H groups in total. The van der Waals surface area contributed by atoms with Crippen molar-refractivity contribution in [2.24, 2.45) is 0 Å². The standard InChI is InChI=1S/C32H37F2N7O2/c1-16-28-23-7-6-20(36-23)14-41(28)29-24-27(38-31(39-29)42-15-32-8-3-9-40(32)13-18(33)12-32)25(34)26(37-30(24)43-16)22-11-19(35)10-17-4-2-5-21(17)22/h10-11,16,18,20,23,28,36H,2-9,12-15,35H2,1H3/t16-,18+,20+,23-,28+,32-/m0/s1. The van der Waals surface area contributed by atoms with Crippen molar-refractivity contribution in [3.8, 4) is 23.1 Å². The Labute approximate surface area is 249 Å². The van der Waals surface area contributed by atoms with Gasteiger partial charge in [-0.2, -0.15) is 9.97 Å². The first kappa shape index (κ1) is 26.1. The fourth-order valence-electron chi connectivity index (χ4n) is 9.12. The molecule has 4 saturated heterocycles. The number of halogens is 2. The van der Waals surface area contributed by atoms with E-state index in [2.05, 4.69) is 22.0 Å². The average Bonchev–Trinajstić information content (AvgIpc) is 3.74. The number of piperazine rings is 1. The number of alkyl halides is 1. The molecule has 0 unspecified atom stereocenters. The molecule has 9 nitrogen and oxygen atoms in total. The van der Waals surface area contributed by atoms with Gasteiger partial charge in [-0.15, -0.1) is 0 Å². The molecule has 1 aliphatic carbocycles. The molecule has 6 atom stereocenters. The Kier molecular flexibility index (Phi) is 5.68. The summed E-state index contributed by atoms with van der Waals surface area (Å²) in [6.45, 7) is 4.37. The van der Waals surface area contributed by atoms with E-state index < -0.39 is 12.0 Å². The Balaban J connectivity index is 1.22. The number of aryl methyl sites for hydroxylation is 1. The second-order valence-electron chi connectivity index (χ2n) is 13.6. The minimum absolute atomic E-state index is 0.00641. The zero-order valence-corrected chi connectivity index (χ0v) is 24.4. The van der Waals surface area contributed by atoms with Gasteiger partial charge in [0.25, 0.3) is 0 Å². The molecule has 6 aliphatic rings. The van der Waals surface area contributed by atoms with E-state index >= 15 is 4.39 Å². The van der Waals surface area contributed by atoms with Gasteiger partial charge in [0.2, 0.25) is 5.88 Å². The summed E-state index contributed by atoms with van der Waals surface area (Å²) in [5.74, 6) is 0.427. The quantitative estimate of drug-likeness (QED) is 0.438. The van der Waals surface area contributed by atoms with Gasteiger partial charge in [0.1, 0.15) is 41.3 Å². The van der Waals surface area contributed by atoms with E-state index in [1.807, 2.05) is 12.1 Å². The van der Waals surface area contributed by atoms with Gasteiger partial charge in [-0.3, -0.25) is 4.90 Å². The number of benzene rings is 1. The van der Waals surface area contributed by atoms with Crippen LogP contribution in [0, 0.1) is 5.82 Å². The van der Waals surface area contributed by atoms with Crippen molar-refractivity contribution < 1.29 is 18.3 Å². The lowest BCUT2D eigenvalue weighted by molar-refractivity contribution is 0.107. The summed E-state index contributed by atoms with van der Waals surface area (Å²) in [6, 6.07) is 4.47. The number of anilines is 2. The number of rotatable bonds is 4. The third-order valence-corrected chi connectivity index (χ3v) is 11.0. The number of hydrogen-bond acceptors (Lipinski definition) is 9. The van der Waals surface area contributed by atoms with Gasteiger partial charge in [0.05, 0.1) is 11.6 Å². The fourth-order valence-corrected chi connectivity index (χ4v) is 9.12. The van der Waals surface area contributed by atoms with Crippen LogP contribution in [0.1, 0.15) is 56.6 Å². The lowest BCUT2D eigenvalue weighted by Crippen LogP contribution is -2.62. The van der Waals surface area contributed by atoms with Crippen molar-refractivity contribution in [1.82, 2.24) is 25.2 Å². The Morgan fingerprint density at radius 3 is 2.98 bits per heavy atom. The Hall–Kier alpha value is -3.31. The third kappa shape index (κ3) is 3.89. The second-order valence-corrected chi connectivity index (χ2v) is 13.6. The summed E-state index contributed by atoms with van der Waals surface area (Å²) in [5, 5.41) is 4.23. The van der Waals surface area contributed by atoms with E-state index in [-0.39, 0.29) is 47.6 Å². The van der Waals surface area contributed by atoms with Crippen LogP contribution in [0.5, 0.6) is 11.9 Å². The normalized spacial score (nSPS) is 32.4. The summed E-state index contributed by atoms with van der Waals surface area (Å²) in [4.78, 5) is 19.0. The zero-order valence-electron chi connectivity index (χ0n) is 24.4. The van der Waals surface area contributed by atoms with Gasteiger partial charge < -0.3 is 25.4 Å². The summed E-state index contributed by atoms with van der Waals surface area (Å²) in [5.41, 5.74) is 9.80. The van der Waals surface area contributed by atoms with Crippen LogP contribution in [0.15, 0.2) is 12.1 Å². The maximum atomic E-state index is 16.9. The first-order valence-electron chi connectivity index (χ1n) is 15.9. The van der Waals surface area contributed by atoms with E-state index in [4.69, 9.17) is 30.2 Å². The van der Waals surface area contributed by atoms with Gasteiger partial charge in [0, 0.05) is 42.8 Å². The van der Waals surface area contributed by atoms with E-state index in [1.54, 1.807) is 0 Å². The summed E-state index contributed by atoms with van der Waals surface area (Å²) >= 11 is 0. The van der Waals surface area contributed by atoms with Gasteiger partial charge in [-0.25, -0.2) is 13.8 Å². The highest BCUT2D eigenvalue weighted by Crippen LogP contribution is 2.46. The number of nitrogen functional groups attached to an aromatic ring is 1. The molecule has 0 radical (unpaired) electrons. The smallest absolute Gasteiger partial charge is 0.319 e. The molecule has 0 saturated carbocycles. The first-order valence-corrected chi connectivity index (χ1v) is 15.9. The predicted molar refractivity (Wildman–Crippen MR) is 159 cm³/mol. The average molecular weight is 590 g/mol. The monoisotopic (exact) mass is 589 g/mol. The molecule has 7 heterocycles. The van der Waals surface area contributed by atoms with Crippen molar-refractivity contribution in [3.63, 3.8) is 0 Å². The predicted octanol–water partition coefficient (Wildman–Crippen LogP) is 3.95. The zero-order chi connectivity index (χ0) is 29.0. The molecule has 2 aromatic heterocycles. The van der Waals surface area contributed by atoms with E-state index in [0.717, 1.165) is 69.2 Å². The van der Waals surface area contributed by atoms with Crippen LogP contribution in [0.4, 0.5) is 20.3 Å². The number of fused-ring (bicyclic) bond motifs is 7. The Morgan fingerprint density at radius 2 is 2.07 bits per heavy atom. The van der Waals surface area contributed by atoms with Crippen LogP contribution in [-0.2, 0) is 12.8 Å². The number of nitrogens with two attached hydrogens (primary N) is 1. The highest BCUT2D eigenvalue weighted by atomic mass is 19.1. The van der Waals surface area contributed by atoms with Gasteiger partial charge in [-0.05, 0) is 81.7 Å². The van der Waals surface area contributed by atoms with Crippen molar-refractivity contribution >= 4 is 22.4 Å². The Morgan fingerprint density at radius 1 is 1.16 bits per heavy atom. The number of nitrogens with zero attached hydrogens (tertiary/aromatic N) is 5. The molecule has 0 amide bonds. The summed E-state index contributed by atoms with van der Waals surface area (Å²) in [6.07, 6.45) is 6.11. The molecule has 11 heteroatoms. The third-order valence-electron chi connectivity index (χ3n) is 11.0. The maximum Gasteiger partial charge on any atom is 0.319 e. The van der Waals surface area contributed by atoms with Crippen molar-refractivity contribution in [2.45, 2.75) is 94.2 Å². The number of nitrogens with one attached hydrogen (secondary N) is 1. The molecule has 4 fully saturated rings. The van der Waals surface area contributed by atoms with Crippen LogP contribution >= 0.6 is 0 Å². The molecule has 2 bridgehead atoms. The molecule has 226 valence electrons. The largest absolute Gasteiger partial charge is 0.472 e. The summed E-state index contributed by atoms with van der Waals surface area (Å²) in [7, 11) is 0. The van der Waals surface area contributed by atoms with Crippen LogP contribution in [0.3, 0.4) is 0 Å². The molecular weight excluding hydrogens is 552 g/mol. The lowest BCUT2D eigenvalue weighted by Gasteiger charge is -2.42.